The molecule has 0 amide bonds. The van der Waals surface area contributed by atoms with Crippen molar-refractivity contribution in [2.24, 2.45) is 0 Å². The predicted molar refractivity (Wildman–Crippen MR) is 61.5 cm³/mol. The van der Waals surface area contributed by atoms with Crippen molar-refractivity contribution in [3.05, 3.63) is 29.3 Å². The first kappa shape index (κ1) is 12.1. The number of aryl methyl sites for hydroxylation is 1. The van der Waals surface area contributed by atoms with Gasteiger partial charge in [-0.25, -0.2) is 17.9 Å². The van der Waals surface area contributed by atoms with E-state index in [1.54, 1.807) is 6.92 Å². The Hall–Kier alpha value is -1.40. The van der Waals surface area contributed by atoms with Gasteiger partial charge in [0.25, 0.3) is 0 Å². The van der Waals surface area contributed by atoms with Gasteiger partial charge >= 0.3 is 5.97 Å². The molecule has 1 aliphatic carbocycles. The summed E-state index contributed by atoms with van der Waals surface area (Å²) in [5.41, 5.74) is 0.533. The first-order chi connectivity index (χ1) is 7.90. The van der Waals surface area contributed by atoms with E-state index in [0.717, 1.165) is 12.8 Å². The molecule has 92 valence electrons. The highest BCUT2D eigenvalue weighted by molar-refractivity contribution is 7.89. The third-order valence-corrected chi connectivity index (χ3v) is 4.29. The monoisotopic (exact) mass is 255 g/mol. The third-order valence-electron chi connectivity index (χ3n) is 2.61. The summed E-state index contributed by atoms with van der Waals surface area (Å²) in [6.45, 7) is 1.59. The molecule has 0 spiro atoms. The number of benzene rings is 1. The number of sulfonamides is 1. The molecule has 0 radical (unpaired) electrons. The van der Waals surface area contributed by atoms with Crippen LogP contribution in [-0.4, -0.2) is 25.5 Å². The lowest BCUT2D eigenvalue weighted by Crippen LogP contribution is -2.26. The molecule has 0 unspecified atom stereocenters. The van der Waals surface area contributed by atoms with Gasteiger partial charge < -0.3 is 5.11 Å². The largest absolute Gasteiger partial charge is 0.478 e. The molecule has 1 aromatic rings. The van der Waals surface area contributed by atoms with Gasteiger partial charge in [-0.05, 0) is 43.5 Å². The third kappa shape index (κ3) is 2.65. The molecule has 0 saturated heterocycles. The summed E-state index contributed by atoms with van der Waals surface area (Å²) in [6, 6.07) is 4.04. The molecule has 2 N–H and O–H groups in total. The van der Waals surface area contributed by atoms with Gasteiger partial charge in [-0.3, -0.25) is 0 Å². The first-order valence-electron chi connectivity index (χ1n) is 5.26. The van der Waals surface area contributed by atoms with Crippen molar-refractivity contribution in [3.63, 3.8) is 0 Å². The average Bonchev–Trinajstić information content (AvgIpc) is 3.00. The number of hydrogen-bond donors (Lipinski definition) is 2. The second kappa shape index (κ2) is 4.12. The van der Waals surface area contributed by atoms with Gasteiger partial charge in [0.05, 0.1) is 10.5 Å². The van der Waals surface area contributed by atoms with E-state index in [9.17, 15) is 13.2 Å². The standard InChI is InChI=1S/C11H13NO4S/c1-7-6-8(11(13)14)2-5-10(7)17(15,16)12-9-3-4-9/h2,5-6,9,12H,3-4H2,1H3,(H,13,14). The van der Waals surface area contributed by atoms with Crippen molar-refractivity contribution in [2.75, 3.05) is 0 Å². The zero-order valence-electron chi connectivity index (χ0n) is 9.30. The van der Waals surface area contributed by atoms with Gasteiger partial charge in [-0.15, -0.1) is 0 Å². The number of aromatic carboxylic acids is 1. The lowest BCUT2D eigenvalue weighted by Gasteiger charge is -2.08. The number of carboxylic acids is 1. The Morgan fingerprint density at radius 2 is 2.06 bits per heavy atom. The van der Waals surface area contributed by atoms with Crippen molar-refractivity contribution in [3.8, 4) is 0 Å². The van der Waals surface area contributed by atoms with Crippen LogP contribution in [0.4, 0.5) is 0 Å². The Kier molecular flexibility index (Phi) is 2.92. The highest BCUT2D eigenvalue weighted by Crippen LogP contribution is 2.23. The fraction of sp³-hybridized carbons (Fsp3) is 0.364. The van der Waals surface area contributed by atoms with E-state index >= 15 is 0 Å². The Morgan fingerprint density at radius 3 is 2.53 bits per heavy atom. The van der Waals surface area contributed by atoms with Gasteiger partial charge in [0.2, 0.25) is 10.0 Å². The fourth-order valence-corrected chi connectivity index (χ4v) is 3.10. The molecule has 6 heteroatoms. The molecule has 1 fully saturated rings. The minimum Gasteiger partial charge on any atom is -0.478 e. The minimum atomic E-state index is -3.51. The van der Waals surface area contributed by atoms with E-state index in [4.69, 9.17) is 5.11 Å². The van der Waals surface area contributed by atoms with E-state index < -0.39 is 16.0 Å². The number of hydrogen-bond acceptors (Lipinski definition) is 3. The van der Waals surface area contributed by atoms with Crippen molar-refractivity contribution in [1.29, 1.82) is 0 Å². The molecule has 0 atom stereocenters. The van der Waals surface area contributed by atoms with E-state index in [1.165, 1.54) is 18.2 Å². The second-order valence-corrected chi connectivity index (χ2v) is 5.86. The van der Waals surface area contributed by atoms with Crippen LogP contribution in [-0.2, 0) is 10.0 Å². The van der Waals surface area contributed by atoms with E-state index in [1.807, 2.05) is 0 Å². The van der Waals surface area contributed by atoms with Gasteiger partial charge in [-0.2, -0.15) is 0 Å². The van der Waals surface area contributed by atoms with Crippen LogP contribution in [0, 0.1) is 6.92 Å². The molecule has 5 nitrogen and oxygen atoms in total. The van der Waals surface area contributed by atoms with Crippen molar-refractivity contribution in [1.82, 2.24) is 4.72 Å². The Labute approximate surface area is 99.5 Å². The molecule has 1 aliphatic rings. The molecule has 1 saturated carbocycles. The Balaban J connectivity index is 2.35. The maximum atomic E-state index is 11.9. The molecular formula is C11H13NO4S. The maximum absolute atomic E-state index is 11.9. The van der Waals surface area contributed by atoms with Gasteiger partial charge in [-0.1, -0.05) is 0 Å². The number of rotatable bonds is 4. The Bertz CT molecular complexity index is 561. The second-order valence-electron chi connectivity index (χ2n) is 4.18. The molecule has 2 rings (SSSR count). The van der Waals surface area contributed by atoms with Gasteiger partial charge in [0.1, 0.15) is 0 Å². The molecule has 1 aromatic carbocycles. The summed E-state index contributed by atoms with van der Waals surface area (Å²) in [7, 11) is -3.51. The molecule has 0 aromatic heterocycles. The van der Waals surface area contributed by atoms with Crippen molar-refractivity contribution >= 4 is 16.0 Å². The fourth-order valence-electron chi connectivity index (χ4n) is 1.57. The number of carboxylic acid groups (broad SMARTS) is 1. The molecule has 0 heterocycles. The summed E-state index contributed by atoms with van der Waals surface area (Å²) in [6.07, 6.45) is 1.73. The lowest BCUT2D eigenvalue weighted by molar-refractivity contribution is 0.0696. The van der Waals surface area contributed by atoms with Crippen LogP contribution in [0.15, 0.2) is 23.1 Å². The Morgan fingerprint density at radius 1 is 1.41 bits per heavy atom. The minimum absolute atomic E-state index is 0.0403. The molecule has 0 bridgehead atoms. The zero-order valence-corrected chi connectivity index (χ0v) is 10.1. The molecule has 17 heavy (non-hydrogen) atoms. The van der Waals surface area contributed by atoms with Crippen molar-refractivity contribution in [2.45, 2.75) is 30.7 Å². The average molecular weight is 255 g/mol. The highest BCUT2D eigenvalue weighted by Gasteiger charge is 2.28. The smallest absolute Gasteiger partial charge is 0.335 e. The van der Waals surface area contributed by atoms with Gasteiger partial charge in [0, 0.05) is 6.04 Å². The molecular weight excluding hydrogens is 242 g/mol. The van der Waals surface area contributed by atoms with Crippen molar-refractivity contribution < 1.29 is 18.3 Å². The summed E-state index contributed by atoms with van der Waals surface area (Å²) in [5.74, 6) is -1.06. The van der Waals surface area contributed by atoms with E-state index in [-0.39, 0.29) is 16.5 Å². The van der Waals surface area contributed by atoms with Crippen LogP contribution in [0.25, 0.3) is 0 Å². The number of nitrogens with one attached hydrogen (secondary N) is 1. The van der Waals surface area contributed by atoms with Crippen LogP contribution in [0.1, 0.15) is 28.8 Å². The van der Waals surface area contributed by atoms with Crippen LogP contribution >= 0.6 is 0 Å². The van der Waals surface area contributed by atoms with Crippen LogP contribution in [0.5, 0.6) is 0 Å². The van der Waals surface area contributed by atoms with Crippen LogP contribution in [0.3, 0.4) is 0 Å². The first-order valence-corrected chi connectivity index (χ1v) is 6.75. The number of carbonyl (C=O) groups is 1. The maximum Gasteiger partial charge on any atom is 0.335 e. The zero-order chi connectivity index (χ0) is 12.6. The predicted octanol–water partition coefficient (Wildman–Crippen LogP) is 1.13. The summed E-state index contributed by atoms with van der Waals surface area (Å²) in [4.78, 5) is 10.9. The summed E-state index contributed by atoms with van der Waals surface area (Å²) < 4.78 is 26.4. The molecule has 0 aliphatic heterocycles. The van der Waals surface area contributed by atoms with Crippen LogP contribution < -0.4 is 4.72 Å². The highest BCUT2D eigenvalue weighted by atomic mass is 32.2. The SMILES string of the molecule is Cc1cc(C(=O)O)ccc1S(=O)(=O)NC1CC1. The summed E-state index contributed by atoms with van der Waals surface area (Å²) in [5, 5.41) is 8.79. The lowest BCUT2D eigenvalue weighted by atomic mass is 10.1. The van der Waals surface area contributed by atoms with E-state index in [0.29, 0.717) is 5.56 Å². The van der Waals surface area contributed by atoms with E-state index in [2.05, 4.69) is 4.72 Å². The van der Waals surface area contributed by atoms with Crippen LogP contribution in [0.2, 0.25) is 0 Å². The van der Waals surface area contributed by atoms with Gasteiger partial charge in [0.15, 0.2) is 0 Å². The topological polar surface area (TPSA) is 83.5 Å². The summed E-state index contributed by atoms with van der Waals surface area (Å²) >= 11 is 0. The quantitative estimate of drug-likeness (QED) is 0.845. The normalized spacial score (nSPS) is 15.8.